The van der Waals surface area contributed by atoms with Gasteiger partial charge < -0.3 is 4.90 Å². The molecule has 314 valence electrons. The molecule has 2 heteroatoms. The highest BCUT2D eigenvalue weighted by Gasteiger charge is 2.46. The van der Waals surface area contributed by atoms with Gasteiger partial charge >= 0.3 is 0 Å². The van der Waals surface area contributed by atoms with Crippen LogP contribution < -0.4 is 4.90 Å². The van der Waals surface area contributed by atoms with Crippen LogP contribution in [-0.2, 0) is 5.41 Å². The highest BCUT2D eigenvalue weighted by molar-refractivity contribution is 7.25. The highest BCUT2D eigenvalue weighted by Crippen LogP contribution is 2.57. The van der Waals surface area contributed by atoms with Crippen LogP contribution in [0.5, 0.6) is 0 Å². The van der Waals surface area contributed by atoms with Crippen LogP contribution in [0.1, 0.15) is 22.3 Å². The smallest absolute Gasteiger partial charge is 0.0714 e. The summed E-state index contributed by atoms with van der Waals surface area (Å²) in [6.07, 6.45) is 0. The molecule has 1 aliphatic carbocycles. The van der Waals surface area contributed by atoms with Crippen LogP contribution in [0.25, 0.3) is 75.5 Å². The molecule has 67 heavy (non-hydrogen) atoms. The Labute approximate surface area is 395 Å². The van der Waals surface area contributed by atoms with Crippen molar-refractivity contribution in [3.05, 3.63) is 283 Å². The van der Waals surface area contributed by atoms with Crippen molar-refractivity contribution in [3.63, 3.8) is 0 Å². The molecule has 13 rings (SSSR count). The molecule has 0 spiro atoms. The third kappa shape index (κ3) is 6.29. The Morgan fingerprint density at radius 2 is 0.866 bits per heavy atom. The maximum Gasteiger partial charge on any atom is 0.0714 e. The average Bonchev–Trinajstić information content (AvgIpc) is 3.93. The summed E-state index contributed by atoms with van der Waals surface area (Å²) >= 11 is 1.87. The highest BCUT2D eigenvalue weighted by atomic mass is 32.1. The molecular formula is C65H43NS. The molecule has 0 saturated heterocycles. The summed E-state index contributed by atoms with van der Waals surface area (Å²) in [6.45, 7) is 0. The van der Waals surface area contributed by atoms with E-state index in [4.69, 9.17) is 0 Å². The Hall–Kier alpha value is -8.30. The minimum atomic E-state index is -0.533. The second-order valence-corrected chi connectivity index (χ2v) is 18.6. The van der Waals surface area contributed by atoms with E-state index in [9.17, 15) is 0 Å². The molecular weight excluding hydrogens is 827 g/mol. The van der Waals surface area contributed by atoms with E-state index >= 15 is 0 Å². The van der Waals surface area contributed by atoms with Crippen LogP contribution >= 0.6 is 11.3 Å². The fourth-order valence-electron chi connectivity index (χ4n) is 11.0. The van der Waals surface area contributed by atoms with Gasteiger partial charge in [-0.1, -0.05) is 212 Å². The minimum Gasteiger partial charge on any atom is -0.310 e. The van der Waals surface area contributed by atoms with Gasteiger partial charge in [-0.2, -0.15) is 0 Å². The molecule has 12 aromatic rings. The van der Waals surface area contributed by atoms with Crippen LogP contribution in [0.4, 0.5) is 17.1 Å². The monoisotopic (exact) mass is 869 g/mol. The van der Waals surface area contributed by atoms with Gasteiger partial charge in [-0.15, -0.1) is 11.3 Å². The first kappa shape index (κ1) is 39.1. The van der Waals surface area contributed by atoms with Gasteiger partial charge in [0.15, 0.2) is 0 Å². The SMILES string of the molecule is c1ccc(C2(c3ccccc3)c3ccccc3-c3ccc(N(c4ccc(-c5cccc6sc7ccccc7c56)cc4)c4ccccc4-c4cccc(-c5cccc6ccccc56)c4)cc32)cc1. The standard InChI is InChI=1S/C65H43NS/c1-3-22-48(23-4-1)65(49-24-5-2-6-25-49)59-32-12-9-28-56(59)57-41-40-51(43-60(57)65)66(50-38-36-45(37-39-50)55-31-17-35-63-64(55)58-29-11-14-34-62(58)67-63)61-33-13-10-27-54(61)47-21-15-20-46(42-47)53-30-16-19-44-18-7-8-26-52(44)53/h1-43H. The van der Waals surface area contributed by atoms with Gasteiger partial charge in [-0.25, -0.2) is 0 Å². The summed E-state index contributed by atoms with van der Waals surface area (Å²) in [7, 11) is 0. The molecule has 1 heterocycles. The van der Waals surface area contributed by atoms with Gasteiger partial charge in [0.25, 0.3) is 0 Å². The maximum absolute atomic E-state index is 2.48. The zero-order chi connectivity index (χ0) is 44.3. The van der Waals surface area contributed by atoms with Crippen LogP contribution in [0.2, 0.25) is 0 Å². The topological polar surface area (TPSA) is 3.24 Å². The summed E-state index contributed by atoms with van der Waals surface area (Å²) in [4.78, 5) is 2.48. The molecule has 0 saturated carbocycles. The number of para-hydroxylation sites is 1. The van der Waals surface area contributed by atoms with Gasteiger partial charge in [-0.3, -0.25) is 0 Å². The number of hydrogen-bond donors (Lipinski definition) is 0. The van der Waals surface area contributed by atoms with Crippen LogP contribution in [0, 0.1) is 0 Å². The predicted molar refractivity (Wildman–Crippen MR) is 285 cm³/mol. The predicted octanol–water partition coefficient (Wildman–Crippen LogP) is 18.0. The Kier molecular flexibility index (Phi) is 9.33. The maximum atomic E-state index is 2.48. The molecule has 0 N–H and O–H groups in total. The van der Waals surface area contributed by atoms with Gasteiger partial charge in [-0.05, 0) is 121 Å². The number of hydrogen-bond acceptors (Lipinski definition) is 2. The normalized spacial score (nSPS) is 12.6. The zero-order valence-corrected chi connectivity index (χ0v) is 37.5. The Morgan fingerprint density at radius 1 is 0.313 bits per heavy atom. The lowest BCUT2D eigenvalue weighted by Gasteiger charge is -2.35. The van der Waals surface area contributed by atoms with Crippen molar-refractivity contribution in [2.45, 2.75) is 5.41 Å². The van der Waals surface area contributed by atoms with Crippen molar-refractivity contribution < 1.29 is 0 Å². The number of benzene rings is 11. The van der Waals surface area contributed by atoms with Gasteiger partial charge in [0.05, 0.1) is 11.1 Å². The molecule has 0 aliphatic heterocycles. The van der Waals surface area contributed by atoms with E-state index in [0.29, 0.717) is 0 Å². The lowest BCUT2D eigenvalue weighted by atomic mass is 9.67. The summed E-state index contributed by atoms with van der Waals surface area (Å²) in [6, 6.07) is 96.4. The fourth-order valence-corrected chi connectivity index (χ4v) is 12.2. The molecule has 0 radical (unpaired) electrons. The van der Waals surface area contributed by atoms with E-state index in [1.807, 2.05) is 11.3 Å². The first-order valence-corrected chi connectivity index (χ1v) is 23.9. The third-order valence-electron chi connectivity index (χ3n) is 14.0. The van der Waals surface area contributed by atoms with Crippen molar-refractivity contribution in [1.29, 1.82) is 0 Å². The largest absolute Gasteiger partial charge is 0.310 e. The van der Waals surface area contributed by atoms with E-state index in [1.165, 1.54) is 86.6 Å². The first-order valence-electron chi connectivity index (χ1n) is 23.1. The van der Waals surface area contributed by atoms with Crippen LogP contribution in [0.3, 0.4) is 0 Å². The van der Waals surface area contributed by atoms with E-state index in [2.05, 4.69) is 266 Å². The number of anilines is 3. The summed E-state index contributed by atoms with van der Waals surface area (Å²) in [5.74, 6) is 0. The molecule has 0 fully saturated rings. The van der Waals surface area contributed by atoms with Crippen molar-refractivity contribution in [1.82, 2.24) is 0 Å². The molecule has 11 aromatic carbocycles. The lowest BCUT2D eigenvalue weighted by Crippen LogP contribution is -2.28. The van der Waals surface area contributed by atoms with E-state index in [-0.39, 0.29) is 0 Å². The van der Waals surface area contributed by atoms with Crippen molar-refractivity contribution >= 4 is 59.3 Å². The van der Waals surface area contributed by atoms with Gasteiger partial charge in [0.1, 0.15) is 0 Å². The number of rotatable bonds is 8. The average molecular weight is 870 g/mol. The lowest BCUT2D eigenvalue weighted by molar-refractivity contribution is 0.768. The Bertz CT molecular complexity index is 3760. The Morgan fingerprint density at radius 3 is 1.67 bits per heavy atom. The molecule has 0 atom stereocenters. The van der Waals surface area contributed by atoms with E-state index in [0.717, 1.165) is 28.2 Å². The number of nitrogens with zero attached hydrogens (tertiary/aromatic N) is 1. The van der Waals surface area contributed by atoms with Crippen molar-refractivity contribution in [2.75, 3.05) is 4.90 Å². The van der Waals surface area contributed by atoms with E-state index in [1.54, 1.807) is 0 Å². The summed E-state index contributed by atoms with van der Waals surface area (Å²) in [5.41, 5.74) is 17.6. The summed E-state index contributed by atoms with van der Waals surface area (Å²) in [5, 5.41) is 5.12. The molecule has 0 unspecified atom stereocenters. The van der Waals surface area contributed by atoms with E-state index < -0.39 is 5.41 Å². The summed E-state index contributed by atoms with van der Waals surface area (Å²) < 4.78 is 2.62. The second-order valence-electron chi connectivity index (χ2n) is 17.5. The number of fused-ring (bicyclic) bond motifs is 7. The van der Waals surface area contributed by atoms with Crippen LogP contribution in [-0.4, -0.2) is 0 Å². The van der Waals surface area contributed by atoms with Crippen molar-refractivity contribution in [2.24, 2.45) is 0 Å². The minimum absolute atomic E-state index is 0.533. The molecule has 0 amide bonds. The molecule has 1 aliphatic rings. The second kappa shape index (κ2) is 16.0. The molecule has 1 aromatic heterocycles. The third-order valence-corrected chi connectivity index (χ3v) is 15.1. The van der Waals surface area contributed by atoms with Crippen LogP contribution in [0.15, 0.2) is 261 Å². The molecule has 0 bridgehead atoms. The fraction of sp³-hybridized carbons (Fsp3) is 0.0154. The first-order chi connectivity index (χ1) is 33.2. The van der Waals surface area contributed by atoms with Crippen molar-refractivity contribution in [3.8, 4) is 44.5 Å². The number of thiophene rings is 1. The van der Waals surface area contributed by atoms with Gasteiger partial charge in [0, 0.05) is 37.1 Å². The zero-order valence-electron chi connectivity index (χ0n) is 36.7. The Balaban J connectivity index is 1.03. The molecule has 1 nitrogen and oxygen atoms in total. The quantitative estimate of drug-likeness (QED) is 0.147. The van der Waals surface area contributed by atoms with Gasteiger partial charge in [0.2, 0.25) is 0 Å².